The third kappa shape index (κ3) is 3.67. The lowest BCUT2D eigenvalue weighted by atomic mass is 10.3. The van der Waals surface area contributed by atoms with Crippen LogP contribution < -0.4 is 21.8 Å². The Morgan fingerprint density at radius 2 is 1.68 bits per heavy atom. The molecule has 6 nitrogen and oxygen atoms in total. The van der Waals surface area contributed by atoms with Gasteiger partial charge in [0, 0.05) is 11.8 Å². The van der Waals surface area contributed by atoms with Crippen LogP contribution in [-0.4, -0.2) is 15.9 Å². The van der Waals surface area contributed by atoms with Crippen molar-refractivity contribution in [1.29, 1.82) is 0 Å². The number of nitrogens with one attached hydrogen (secondary N) is 2. The van der Waals surface area contributed by atoms with E-state index in [-0.39, 0.29) is 0 Å². The molecular formula is C13H17N6+. The number of aromatic nitrogens is 2. The first-order valence-corrected chi connectivity index (χ1v) is 5.87. The van der Waals surface area contributed by atoms with Gasteiger partial charge in [0.2, 0.25) is 0 Å². The highest BCUT2D eigenvalue weighted by Gasteiger charge is 2.05. The summed E-state index contributed by atoms with van der Waals surface area (Å²) in [5.41, 5.74) is 14.8. The van der Waals surface area contributed by atoms with Crippen molar-refractivity contribution >= 4 is 23.3 Å². The Balaban J connectivity index is 2.16. The number of nitrogens with zero attached hydrogens (tertiary/aromatic N) is 2. The fourth-order valence-corrected chi connectivity index (χ4v) is 1.66. The second-order valence-electron chi connectivity index (χ2n) is 4.26. The Bertz CT molecular complexity index is 583. The Morgan fingerprint density at radius 1 is 1.11 bits per heavy atom. The highest BCUT2D eigenvalue weighted by Crippen LogP contribution is 2.09. The Labute approximate surface area is 111 Å². The average molecular weight is 257 g/mol. The van der Waals surface area contributed by atoms with Gasteiger partial charge < -0.3 is 11.5 Å². The zero-order valence-corrected chi connectivity index (χ0v) is 10.9. The molecule has 1 heterocycles. The van der Waals surface area contributed by atoms with Gasteiger partial charge in [0.25, 0.3) is 5.96 Å². The van der Waals surface area contributed by atoms with E-state index in [1.807, 2.05) is 32.0 Å². The van der Waals surface area contributed by atoms with Gasteiger partial charge in [-0.05, 0) is 38.1 Å². The summed E-state index contributed by atoms with van der Waals surface area (Å²) < 4.78 is 0. The van der Waals surface area contributed by atoms with Crippen LogP contribution in [0, 0.1) is 13.8 Å². The van der Waals surface area contributed by atoms with E-state index >= 15 is 0 Å². The summed E-state index contributed by atoms with van der Waals surface area (Å²) in [5, 5.41) is 3.00. The number of anilines is 2. The van der Waals surface area contributed by atoms with Crippen LogP contribution in [-0.2, 0) is 0 Å². The summed E-state index contributed by atoms with van der Waals surface area (Å²) in [6.07, 6.45) is 0. The molecule has 0 unspecified atom stereocenters. The van der Waals surface area contributed by atoms with Crippen LogP contribution in [0.4, 0.5) is 17.3 Å². The monoisotopic (exact) mass is 257 g/mol. The van der Waals surface area contributed by atoms with E-state index in [9.17, 15) is 0 Å². The number of hydrogen-bond donors (Lipinski definition) is 4. The summed E-state index contributed by atoms with van der Waals surface area (Å²) in [7, 11) is 0. The Kier molecular flexibility index (Phi) is 3.61. The molecule has 2 rings (SSSR count). The maximum Gasteiger partial charge on any atom is 0.354 e. The molecule has 0 bridgehead atoms. The van der Waals surface area contributed by atoms with E-state index in [2.05, 4.69) is 20.3 Å². The quantitative estimate of drug-likeness (QED) is 0.339. The number of nitrogen functional groups attached to an aromatic ring is 1. The van der Waals surface area contributed by atoms with Crippen LogP contribution in [0.1, 0.15) is 11.4 Å². The predicted molar refractivity (Wildman–Crippen MR) is 75.8 cm³/mol. The van der Waals surface area contributed by atoms with Gasteiger partial charge in [-0.25, -0.2) is 4.99 Å². The van der Waals surface area contributed by atoms with E-state index in [0.29, 0.717) is 17.6 Å². The zero-order valence-electron chi connectivity index (χ0n) is 10.9. The molecule has 1 aromatic heterocycles. The van der Waals surface area contributed by atoms with Gasteiger partial charge in [-0.1, -0.05) is 0 Å². The van der Waals surface area contributed by atoms with Crippen molar-refractivity contribution in [3.05, 3.63) is 41.7 Å². The molecular weight excluding hydrogens is 240 g/mol. The van der Waals surface area contributed by atoms with Gasteiger partial charge in [-0.3, -0.25) is 5.32 Å². The molecule has 0 radical (unpaired) electrons. The second kappa shape index (κ2) is 5.34. The smallest absolute Gasteiger partial charge is 0.354 e. The molecule has 0 aliphatic rings. The van der Waals surface area contributed by atoms with Gasteiger partial charge >= 0.3 is 5.95 Å². The van der Waals surface area contributed by atoms with Crippen molar-refractivity contribution < 1.29 is 4.99 Å². The number of benzene rings is 1. The first-order valence-electron chi connectivity index (χ1n) is 5.87. The number of aryl methyl sites for hydroxylation is 2. The molecule has 0 saturated heterocycles. The van der Waals surface area contributed by atoms with Crippen LogP contribution in [0.2, 0.25) is 0 Å². The van der Waals surface area contributed by atoms with Crippen molar-refractivity contribution in [3.8, 4) is 0 Å². The highest BCUT2D eigenvalue weighted by atomic mass is 15.2. The van der Waals surface area contributed by atoms with Crippen molar-refractivity contribution in [2.75, 3.05) is 11.1 Å². The van der Waals surface area contributed by atoms with E-state index < -0.39 is 0 Å². The van der Waals surface area contributed by atoms with Crippen molar-refractivity contribution in [3.63, 3.8) is 0 Å². The maximum atomic E-state index is 5.86. The minimum atomic E-state index is 0.356. The second-order valence-corrected chi connectivity index (χ2v) is 4.26. The number of nitrogens with two attached hydrogens (primary N) is 2. The molecule has 0 aliphatic carbocycles. The molecule has 0 spiro atoms. The zero-order chi connectivity index (χ0) is 13.8. The number of rotatable bonds is 2. The molecule has 1 aromatic carbocycles. The molecule has 0 fully saturated rings. The summed E-state index contributed by atoms with van der Waals surface area (Å²) in [6, 6.07) is 9.17. The topological polar surface area (TPSA) is 104 Å². The molecule has 6 N–H and O–H groups in total. The van der Waals surface area contributed by atoms with Crippen LogP contribution in [0.3, 0.4) is 0 Å². The first-order chi connectivity index (χ1) is 9.02. The number of guanidine groups is 1. The predicted octanol–water partition coefficient (Wildman–Crippen LogP) is -0.185. The lowest BCUT2D eigenvalue weighted by Gasteiger charge is -2.01. The molecule has 0 atom stereocenters. The van der Waals surface area contributed by atoms with Gasteiger partial charge in [-0.2, -0.15) is 0 Å². The Morgan fingerprint density at radius 3 is 2.26 bits per heavy atom. The largest absolute Gasteiger partial charge is 0.399 e. The minimum Gasteiger partial charge on any atom is -0.399 e. The normalized spacial score (nSPS) is 11.4. The third-order valence-corrected chi connectivity index (χ3v) is 2.42. The average Bonchev–Trinajstić information content (AvgIpc) is 2.30. The first kappa shape index (κ1) is 12.8. The minimum absolute atomic E-state index is 0.356. The van der Waals surface area contributed by atoms with Crippen LogP contribution in [0.15, 0.2) is 30.3 Å². The van der Waals surface area contributed by atoms with E-state index in [4.69, 9.17) is 11.5 Å². The van der Waals surface area contributed by atoms with Crippen LogP contribution in [0.25, 0.3) is 0 Å². The molecule has 0 amide bonds. The number of hydrogen-bond acceptors (Lipinski definition) is 3. The van der Waals surface area contributed by atoms with Crippen LogP contribution >= 0.6 is 0 Å². The highest BCUT2D eigenvalue weighted by molar-refractivity contribution is 5.88. The molecule has 19 heavy (non-hydrogen) atoms. The van der Waals surface area contributed by atoms with Gasteiger partial charge in [0.15, 0.2) is 0 Å². The Hall–Kier alpha value is -2.63. The van der Waals surface area contributed by atoms with Crippen molar-refractivity contribution in [1.82, 2.24) is 9.97 Å². The van der Waals surface area contributed by atoms with E-state index in [1.165, 1.54) is 0 Å². The van der Waals surface area contributed by atoms with Crippen molar-refractivity contribution in [2.45, 2.75) is 13.8 Å². The van der Waals surface area contributed by atoms with Crippen molar-refractivity contribution in [2.24, 2.45) is 5.73 Å². The lowest BCUT2D eigenvalue weighted by Crippen LogP contribution is -2.72. The SMILES string of the molecule is Cc1cc(C)nc([NH+]=C(N)Nc2ccc(N)cc2)n1. The summed E-state index contributed by atoms with van der Waals surface area (Å²) in [4.78, 5) is 11.4. The maximum absolute atomic E-state index is 5.86. The fraction of sp³-hybridized carbons (Fsp3) is 0.154. The standard InChI is InChI=1S/C13H16N6/c1-8-7-9(2)17-13(16-8)19-12(15)18-11-5-3-10(14)4-6-11/h3-7H,14H2,1-2H3,(H3,15,16,17,18,19)/p+1. The van der Waals surface area contributed by atoms with Gasteiger partial charge in [-0.15, -0.1) is 9.97 Å². The molecule has 6 heteroatoms. The summed E-state index contributed by atoms with van der Waals surface area (Å²) >= 11 is 0. The summed E-state index contributed by atoms with van der Waals surface area (Å²) in [6.45, 7) is 3.81. The van der Waals surface area contributed by atoms with E-state index in [0.717, 1.165) is 17.1 Å². The molecule has 2 aromatic rings. The fourth-order valence-electron chi connectivity index (χ4n) is 1.66. The molecule has 0 saturated carbocycles. The summed E-state index contributed by atoms with van der Waals surface area (Å²) in [5.74, 6) is 0.827. The van der Waals surface area contributed by atoms with Gasteiger partial charge in [0.05, 0.1) is 17.1 Å². The lowest BCUT2D eigenvalue weighted by molar-refractivity contribution is -0.365. The van der Waals surface area contributed by atoms with Crippen LogP contribution in [0.5, 0.6) is 0 Å². The third-order valence-electron chi connectivity index (χ3n) is 2.42. The van der Waals surface area contributed by atoms with Gasteiger partial charge in [0.1, 0.15) is 0 Å². The van der Waals surface area contributed by atoms with E-state index in [1.54, 1.807) is 12.1 Å². The molecule has 98 valence electrons. The molecule has 0 aliphatic heterocycles.